The molecule has 0 saturated heterocycles. The molecule has 120 valence electrons. The molecule has 0 saturated carbocycles. The Morgan fingerprint density at radius 2 is 1.87 bits per heavy atom. The van der Waals surface area contributed by atoms with Gasteiger partial charge < -0.3 is 10.6 Å². The van der Waals surface area contributed by atoms with E-state index in [0.717, 1.165) is 6.42 Å². The first-order valence-electron chi connectivity index (χ1n) is 7.51. The molecule has 2 rings (SSSR count). The summed E-state index contributed by atoms with van der Waals surface area (Å²) in [6.07, 6.45) is 2.48. The third-order valence-corrected chi connectivity index (χ3v) is 3.43. The van der Waals surface area contributed by atoms with Crippen LogP contribution in [0.1, 0.15) is 48.0 Å². The second-order valence-corrected chi connectivity index (χ2v) is 5.31. The van der Waals surface area contributed by atoms with Crippen molar-refractivity contribution in [2.75, 3.05) is 10.6 Å². The number of nitrogens with zero attached hydrogens (tertiary/aromatic N) is 2. The third-order valence-electron chi connectivity index (χ3n) is 3.43. The van der Waals surface area contributed by atoms with E-state index in [4.69, 9.17) is 0 Å². The lowest BCUT2D eigenvalue weighted by atomic mass is 10.1. The van der Waals surface area contributed by atoms with Gasteiger partial charge in [-0.3, -0.25) is 9.59 Å². The number of aromatic nitrogens is 2. The molecule has 6 nitrogen and oxygen atoms in total. The molecule has 0 bridgehead atoms. The molecule has 1 atom stereocenters. The number of carbonyl (C=O) groups excluding carboxylic acids is 2. The molecule has 2 N–H and O–H groups in total. The maximum absolute atomic E-state index is 12.2. The van der Waals surface area contributed by atoms with Crippen molar-refractivity contribution in [3.05, 3.63) is 47.8 Å². The van der Waals surface area contributed by atoms with E-state index < -0.39 is 0 Å². The van der Waals surface area contributed by atoms with Crippen molar-refractivity contribution >= 4 is 23.3 Å². The molecular weight excluding hydrogens is 292 g/mol. The van der Waals surface area contributed by atoms with Crippen molar-refractivity contribution in [1.82, 2.24) is 9.97 Å². The normalized spacial score (nSPS) is 11.6. The van der Waals surface area contributed by atoms with Crippen LogP contribution in [0.25, 0.3) is 0 Å². The van der Waals surface area contributed by atoms with Crippen LogP contribution in [0.4, 0.5) is 11.6 Å². The Morgan fingerprint density at radius 1 is 1.17 bits per heavy atom. The first kappa shape index (κ1) is 16.6. The van der Waals surface area contributed by atoms with E-state index in [9.17, 15) is 9.59 Å². The van der Waals surface area contributed by atoms with Gasteiger partial charge >= 0.3 is 0 Å². The van der Waals surface area contributed by atoms with Gasteiger partial charge in [-0.15, -0.1) is 0 Å². The van der Waals surface area contributed by atoms with Crippen LogP contribution in [0.5, 0.6) is 0 Å². The van der Waals surface area contributed by atoms with E-state index in [2.05, 4.69) is 27.5 Å². The number of hydrogen-bond donors (Lipinski definition) is 2. The van der Waals surface area contributed by atoms with Gasteiger partial charge in [0.05, 0.1) is 0 Å². The highest BCUT2D eigenvalue weighted by atomic mass is 16.2. The summed E-state index contributed by atoms with van der Waals surface area (Å²) < 4.78 is 0. The fourth-order valence-corrected chi connectivity index (χ4v) is 1.86. The molecule has 1 unspecified atom stereocenters. The number of rotatable bonds is 6. The number of carbonyl (C=O) groups is 2. The molecule has 0 aliphatic heterocycles. The van der Waals surface area contributed by atoms with Crippen LogP contribution in [0, 0.1) is 0 Å². The minimum atomic E-state index is -0.324. The Balaban J connectivity index is 2.08. The van der Waals surface area contributed by atoms with E-state index >= 15 is 0 Å². The Labute approximate surface area is 135 Å². The van der Waals surface area contributed by atoms with Crippen molar-refractivity contribution in [2.24, 2.45) is 0 Å². The van der Waals surface area contributed by atoms with Crippen molar-refractivity contribution < 1.29 is 9.59 Å². The van der Waals surface area contributed by atoms with E-state index in [1.165, 1.54) is 6.92 Å². The van der Waals surface area contributed by atoms with Gasteiger partial charge in [-0.05, 0) is 50.6 Å². The maximum atomic E-state index is 12.2. The number of nitrogens with one attached hydrogen (secondary N) is 2. The molecule has 0 spiro atoms. The van der Waals surface area contributed by atoms with Crippen LogP contribution in [0.2, 0.25) is 0 Å². The molecule has 6 heteroatoms. The van der Waals surface area contributed by atoms with Gasteiger partial charge in [-0.2, -0.15) is 0 Å². The Hall–Kier alpha value is -2.76. The van der Waals surface area contributed by atoms with Gasteiger partial charge in [0, 0.05) is 23.5 Å². The van der Waals surface area contributed by atoms with Crippen LogP contribution in [-0.4, -0.2) is 27.7 Å². The molecule has 0 radical (unpaired) electrons. The van der Waals surface area contributed by atoms with Gasteiger partial charge in [0.25, 0.3) is 5.91 Å². The van der Waals surface area contributed by atoms with Gasteiger partial charge in [0.15, 0.2) is 5.78 Å². The Bertz CT molecular complexity index is 698. The van der Waals surface area contributed by atoms with Crippen molar-refractivity contribution in [3.8, 4) is 0 Å². The highest BCUT2D eigenvalue weighted by molar-refractivity contribution is 6.03. The van der Waals surface area contributed by atoms with E-state index in [-0.39, 0.29) is 23.4 Å². The van der Waals surface area contributed by atoms with Gasteiger partial charge in [0.2, 0.25) is 5.95 Å². The summed E-state index contributed by atoms with van der Waals surface area (Å²) >= 11 is 0. The predicted molar refractivity (Wildman–Crippen MR) is 89.8 cm³/mol. The van der Waals surface area contributed by atoms with Crippen molar-refractivity contribution in [3.63, 3.8) is 0 Å². The average molecular weight is 312 g/mol. The van der Waals surface area contributed by atoms with Gasteiger partial charge in [-0.1, -0.05) is 6.92 Å². The maximum Gasteiger partial charge on any atom is 0.274 e. The summed E-state index contributed by atoms with van der Waals surface area (Å²) in [4.78, 5) is 31.8. The lowest BCUT2D eigenvalue weighted by molar-refractivity contribution is 0.101. The summed E-state index contributed by atoms with van der Waals surface area (Å²) in [7, 11) is 0. The Morgan fingerprint density at radius 3 is 2.48 bits per heavy atom. The SMILES string of the molecule is CCC(C)Nc1nccc(C(=O)Nc2ccc(C(C)=O)cc2)n1. The summed E-state index contributed by atoms with van der Waals surface area (Å²) in [5, 5.41) is 5.88. The fraction of sp³-hybridized carbons (Fsp3) is 0.294. The first-order valence-corrected chi connectivity index (χ1v) is 7.51. The number of amides is 1. The second-order valence-electron chi connectivity index (χ2n) is 5.31. The van der Waals surface area contributed by atoms with E-state index in [0.29, 0.717) is 17.2 Å². The molecule has 1 aromatic heterocycles. The zero-order valence-electron chi connectivity index (χ0n) is 13.5. The first-order chi connectivity index (χ1) is 11.0. The van der Waals surface area contributed by atoms with Gasteiger partial charge in [0.1, 0.15) is 5.69 Å². The Kier molecular flexibility index (Phi) is 5.41. The molecule has 2 aromatic rings. The molecule has 23 heavy (non-hydrogen) atoms. The minimum Gasteiger partial charge on any atom is -0.352 e. The van der Waals surface area contributed by atoms with Crippen LogP contribution in [0.3, 0.4) is 0 Å². The number of Topliss-reactive ketones (excluding diaryl/α,β-unsaturated/α-hetero) is 1. The van der Waals surface area contributed by atoms with Crippen LogP contribution in [-0.2, 0) is 0 Å². The zero-order valence-corrected chi connectivity index (χ0v) is 13.5. The number of hydrogen-bond acceptors (Lipinski definition) is 5. The van der Waals surface area contributed by atoms with Crippen molar-refractivity contribution in [1.29, 1.82) is 0 Å². The van der Waals surface area contributed by atoms with Gasteiger partial charge in [-0.25, -0.2) is 9.97 Å². The zero-order chi connectivity index (χ0) is 16.8. The lowest BCUT2D eigenvalue weighted by Crippen LogP contribution is -2.19. The topological polar surface area (TPSA) is 84.0 Å². The quantitative estimate of drug-likeness (QED) is 0.801. The number of ketones is 1. The molecule has 0 aliphatic rings. The molecule has 1 aromatic carbocycles. The number of benzene rings is 1. The van der Waals surface area contributed by atoms with Crippen molar-refractivity contribution in [2.45, 2.75) is 33.2 Å². The largest absolute Gasteiger partial charge is 0.352 e. The highest BCUT2D eigenvalue weighted by Crippen LogP contribution is 2.12. The second kappa shape index (κ2) is 7.49. The van der Waals surface area contributed by atoms with Crippen LogP contribution in [0.15, 0.2) is 36.5 Å². The molecule has 1 amide bonds. The van der Waals surface area contributed by atoms with E-state index in [1.54, 1.807) is 36.5 Å². The minimum absolute atomic E-state index is 0.0144. The fourth-order valence-electron chi connectivity index (χ4n) is 1.86. The summed E-state index contributed by atoms with van der Waals surface area (Å²) in [6, 6.07) is 8.51. The van der Waals surface area contributed by atoms with E-state index in [1.807, 2.05) is 6.92 Å². The van der Waals surface area contributed by atoms with Crippen LogP contribution < -0.4 is 10.6 Å². The summed E-state index contributed by atoms with van der Waals surface area (Å²) in [5.41, 5.74) is 1.49. The average Bonchev–Trinajstić information content (AvgIpc) is 2.55. The molecule has 0 fully saturated rings. The predicted octanol–water partition coefficient (Wildman–Crippen LogP) is 3.14. The molecule has 1 heterocycles. The smallest absolute Gasteiger partial charge is 0.274 e. The lowest BCUT2D eigenvalue weighted by Gasteiger charge is -2.11. The monoisotopic (exact) mass is 312 g/mol. The number of anilines is 2. The summed E-state index contributed by atoms with van der Waals surface area (Å²) in [5.74, 6) is 0.0912. The standard InChI is InChI=1S/C17H20N4O2/c1-4-11(2)19-17-18-10-9-15(21-17)16(23)20-14-7-5-13(6-8-14)12(3)22/h5-11H,4H2,1-3H3,(H,20,23)(H,18,19,21). The highest BCUT2D eigenvalue weighted by Gasteiger charge is 2.10. The third kappa shape index (κ3) is 4.60. The molecule has 0 aliphatic carbocycles. The summed E-state index contributed by atoms with van der Waals surface area (Å²) in [6.45, 7) is 5.58. The van der Waals surface area contributed by atoms with Crippen LogP contribution >= 0.6 is 0 Å². The molecular formula is C17H20N4O2.